The first-order valence-corrected chi connectivity index (χ1v) is 4.73. The summed E-state index contributed by atoms with van der Waals surface area (Å²) in [6, 6.07) is 0. The lowest BCUT2D eigenvalue weighted by molar-refractivity contribution is -0.147. The summed E-state index contributed by atoms with van der Waals surface area (Å²) < 4.78 is 10.1. The van der Waals surface area contributed by atoms with Crippen LogP contribution < -0.4 is 5.73 Å². The van der Waals surface area contributed by atoms with Crippen LogP contribution in [0.15, 0.2) is 0 Å². The Morgan fingerprint density at radius 1 is 1.38 bits per heavy atom. The molecule has 0 aliphatic heterocycles. The highest BCUT2D eigenvalue weighted by atomic mass is 16.6. The van der Waals surface area contributed by atoms with Crippen molar-refractivity contribution in [3.8, 4) is 0 Å². The minimum atomic E-state index is -0.662. The van der Waals surface area contributed by atoms with Crippen molar-refractivity contribution in [3.05, 3.63) is 0 Å². The van der Waals surface area contributed by atoms with Crippen LogP contribution in [-0.2, 0) is 14.3 Å². The molecule has 1 saturated carbocycles. The number of esters is 1. The fraction of sp³-hybridized carbons (Fsp3) is 0.889. The van der Waals surface area contributed by atoms with Gasteiger partial charge >= 0.3 is 5.97 Å². The number of hydrogen-bond acceptors (Lipinski definition) is 4. The Balaban J connectivity index is 1.96. The minimum absolute atomic E-state index is 0.285. The summed E-state index contributed by atoms with van der Waals surface area (Å²) in [5, 5.41) is 0. The highest BCUT2D eigenvalue weighted by Crippen LogP contribution is 2.33. The zero-order valence-electron chi connectivity index (χ0n) is 8.04. The van der Waals surface area contributed by atoms with Gasteiger partial charge in [0.1, 0.15) is 12.1 Å². The van der Waals surface area contributed by atoms with Gasteiger partial charge in [-0.05, 0) is 19.3 Å². The molecule has 0 bridgehead atoms. The van der Waals surface area contributed by atoms with Crippen molar-refractivity contribution in [1.82, 2.24) is 0 Å². The van der Waals surface area contributed by atoms with Gasteiger partial charge in [0, 0.05) is 6.61 Å². The van der Waals surface area contributed by atoms with Crippen LogP contribution in [0.1, 0.15) is 26.2 Å². The lowest BCUT2D eigenvalue weighted by Crippen LogP contribution is -2.35. The van der Waals surface area contributed by atoms with E-state index >= 15 is 0 Å². The van der Waals surface area contributed by atoms with Gasteiger partial charge < -0.3 is 15.2 Å². The third kappa shape index (κ3) is 3.32. The fourth-order valence-corrected chi connectivity index (χ4v) is 0.922. The van der Waals surface area contributed by atoms with Crippen LogP contribution in [0.5, 0.6) is 0 Å². The molecule has 0 unspecified atom stereocenters. The van der Waals surface area contributed by atoms with Gasteiger partial charge in [-0.15, -0.1) is 0 Å². The number of rotatable bonds is 6. The predicted octanol–water partition coefficient (Wildman–Crippen LogP) is 0.448. The molecule has 4 nitrogen and oxygen atoms in total. The van der Waals surface area contributed by atoms with E-state index in [-0.39, 0.29) is 5.97 Å². The summed E-state index contributed by atoms with van der Waals surface area (Å²) in [4.78, 5) is 11.2. The van der Waals surface area contributed by atoms with E-state index in [4.69, 9.17) is 15.2 Å². The van der Waals surface area contributed by atoms with E-state index in [9.17, 15) is 4.79 Å². The van der Waals surface area contributed by atoms with Crippen molar-refractivity contribution < 1.29 is 14.3 Å². The monoisotopic (exact) mass is 187 g/mol. The minimum Gasteiger partial charge on any atom is -0.462 e. The van der Waals surface area contributed by atoms with E-state index in [1.807, 2.05) is 6.92 Å². The van der Waals surface area contributed by atoms with Crippen molar-refractivity contribution in [2.45, 2.75) is 31.7 Å². The SMILES string of the molecule is CCCOCCOC(=O)C1(N)CC1. The van der Waals surface area contributed by atoms with Crippen LogP contribution in [0.4, 0.5) is 0 Å². The van der Waals surface area contributed by atoms with Gasteiger partial charge in [-0.1, -0.05) is 6.92 Å². The van der Waals surface area contributed by atoms with Gasteiger partial charge in [0.05, 0.1) is 6.61 Å². The van der Waals surface area contributed by atoms with Gasteiger partial charge in [0.2, 0.25) is 0 Å². The van der Waals surface area contributed by atoms with Crippen molar-refractivity contribution in [3.63, 3.8) is 0 Å². The van der Waals surface area contributed by atoms with Gasteiger partial charge in [-0.25, -0.2) is 0 Å². The largest absolute Gasteiger partial charge is 0.462 e. The van der Waals surface area contributed by atoms with Crippen molar-refractivity contribution in [2.24, 2.45) is 5.73 Å². The molecule has 0 saturated heterocycles. The molecule has 0 radical (unpaired) electrons. The van der Waals surface area contributed by atoms with E-state index in [1.54, 1.807) is 0 Å². The zero-order chi connectivity index (χ0) is 9.73. The fourth-order valence-electron chi connectivity index (χ4n) is 0.922. The highest BCUT2D eigenvalue weighted by Gasteiger charge is 2.47. The first-order valence-electron chi connectivity index (χ1n) is 4.73. The Hall–Kier alpha value is -0.610. The third-order valence-electron chi connectivity index (χ3n) is 2.00. The molecule has 0 heterocycles. The molecule has 4 heteroatoms. The molecule has 1 aliphatic carbocycles. The van der Waals surface area contributed by atoms with Crippen LogP contribution in [0.3, 0.4) is 0 Å². The summed E-state index contributed by atoms with van der Waals surface area (Å²) in [5.74, 6) is -0.285. The number of carbonyl (C=O) groups is 1. The Labute approximate surface area is 78.4 Å². The van der Waals surface area contributed by atoms with Gasteiger partial charge in [-0.2, -0.15) is 0 Å². The topological polar surface area (TPSA) is 61.5 Å². The molecule has 0 atom stereocenters. The van der Waals surface area contributed by atoms with Crippen LogP contribution in [0.2, 0.25) is 0 Å². The van der Waals surface area contributed by atoms with Gasteiger partial charge in [0.15, 0.2) is 0 Å². The van der Waals surface area contributed by atoms with Crippen molar-refractivity contribution in [1.29, 1.82) is 0 Å². The second-order valence-corrected chi connectivity index (χ2v) is 3.40. The Bertz CT molecular complexity index is 178. The molecule has 1 aliphatic rings. The van der Waals surface area contributed by atoms with Crippen LogP contribution >= 0.6 is 0 Å². The molecule has 1 fully saturated rings. The molecule has 1 rings (SSSR count). The third-order valence-corrected chi connectivity index (χ3v) is 2.00. The number of nitrogens with two attached hydrogens (primary N) is 1. The Morgan fingerprint density at radius 2 is 2.08 bits per heavy atom. The van der Waals surface area contributed by atoms with Crippen LogP contribution in [-0.4, -0.2) is 31.3 Å². The summed E-state index contributed by atoms with van der Waals surface area (Å²) in [6.45, 7) is 3.53. The molecule has 0 amide bonds. The molecular weight excluding hydrogens is 170 g/mol. The van der Waals surface area contributed by atoms with Crippen LogP contribution in [0.25, 0.3) is 0 Å². The maximum atomic E-state index is 11.2. The molecule has 0 aromatic carbocycles. The molecule has 0 aromatic heterocycles. The van der Waals surface area contributed by atoms with Gasteiger partial charge in [0.25, 0.3) is 0 Å². The smallest absolute Gasteiger partial charge is 0.326 e. The normalized spacial score (nSPS) is 18.3. The second-order valence-electron chi connectivity index (χ2n) is 3.40. The number of carbonyl (C=O) groups excluding carboxylic acids is 1. The quantitative estimate of drug-likeness (QED) is 0.484. The van der Waals surface area contributed by atoms with E-state index < -0.39 is 5.54 Å². The highest BCUT2D eigenvalue weighted by molar-refractivity contribution is 5.83. The van der Waals surface area contributed by atoms with E-state index in [1.165, 1.54) is 0 Å². The lowest BCUT2D eigenvalue weighted by Gasteiger charge is -2.08. The first kappa shape index (κ1) is 10.5. The molecule has 0 aromatic rings. The molecule has 76 valence electrons. The van der Waals surface area contributed by atoms with E-state index in [2.05, 4.69) is 0 Å². The lowest BCUT2D eigenvalue weighted by atomic mass is 10.3. The Morgan fingerprint density at radius 3 is 2.62 bits per heavy atom. The molecule has 0 spiro atoms. The average Bonchev–Trinajstić information content (AvgIpc) is 2.84. The predicted molar refractivity (Wildman–Crippen MR) is 48.2 cm³/mol. The van der Waals surface area contributed by atoms with E-state index in [0.717, 1.165) is 19.3 Å². The van der Waals surface area contributed by atoms with Crippen molar-refractivity contribution in [2.75, 3.05) is 19.8 Å². The summed E-state index contributed by atoms with van der Waals surface area (Å²) in [6.07, 6.45) is 2.48. The molecule has 2 N–H and O–H groups in total. The zero-order valence-corrected chi connectivity index (χ0v) is 8.04. The Kier molecular flexibility index (Phi) is 3.69. The maximum absolute atomic E-state index is 11.2. The van der Waals surface area contributed by atoms with Crippen molar-refractivity contribution >= 4 is 5.97 Å². The van der Waals surface area contributed by atoms with Gasteiger partial charge in [-0.3, -0.25) is 4.79 Å². The standard InChI is InChI=1S/C9H17NO3/c1-2-5-12-6-7-13-8(11)9(10)3-4-9/h2-7,10H2,1H3. The maximum Gasteiger partial charge on any atom is 0.326 e. The number of ether oxygens (including phenoxy) is 2. The van der Waals surface area contributed by atoms with Crippen LogP contribution in [0, 0.1) is 0 Å². The summed E-state index contributed by atoms with van der Waals surface area (Å²) in [5.41, 5.74) is 4.95. The first-order chi connectivity index (χ1) is 6.19. The number of hydrogen-bond donors (Lipinski definition) is 1. The van der Waals surface area contributed by atoms with E-state index in [0.29, 0.717) is 19.8 Å². The molecular formula is C9H17NO3. The summed E-state index contributed by atoms with van der Waals surface area (Å²) in [7, 11) is 0. The average molecular weight is 187 g/mol. The molecule has 13 heavy (non-hydrogen) atoms. The summed E-state index contributed by atoms with van der Waals surface area (Å²) >= 11 is 0. The second kappa shape index (κ2) is 4.58.